The second kappa shape index (κ2) is 8.13. The van der Waals surface area contributed by atoms with Crippen LogP contribution in [0.3, 0.4) is 0 Å². The van der Waals surface area contributed by atoms with Crippen molar-refractivity contribution >= 4 is 18.4 Å². The molecule has 0 aliphatic carbocycles. The summed E-state index contributed by atoms with van der Waals surface area (Å²) in [6, 6.07) is 9.09. The van der Waals surface area contributed by atoms with Crippen LogP contribution >= 0.6 is 12.4 Å². The number of hydrogen-bond acceptors (Lipinski definition) is 3. The molecule has 1 rings (SSSR count). The van der Waals surface area contributed by atoms with Crippen LogP contribution in [0.4, 0.5) is 0 Å². The Balaban J connectivity index is 0.00000225. The summed E-state index contributed by atoms with van der Waals surface area (Å²) in [4.78, 5) is 11.4. The average Bonchev–Trinajstić information content (AvgIpc) is 2.27. The number of hydrogen-bond donors (Lipinski definition) is 1. The van der Waals surface area contributed by atoms with E-state index in [9.17, 15) is 4.79 Å². The molecule has 1 aromatic rings. The van der Waals surface area contributed by atoms with E-state index in [4.69, 9.17) is 10.5 Å². The van der Waals surface area contributed by atoms with Gasteiger partial charge in [0.15, 0.2) is 0 Å². The second-order valence-electron chi connectivity index (χ2n) is 3.49. The van der Waals surface area contributed by atoms with Gasteiger partial charge in [0.2, 0.25) is 0 Å². The predicted molar refractivity (Wildman–Crippen MR) is 66.4 cm³/mol. The van der Waals surface area contributed by atoms with Gasteiger partial charge < -0.3 is 10.5 Å². The molecule has 0 saturated carbocycles. The molecule has 90 valence electrons. The van der Waals surface area contributed by atoms with Crippen molar-refractivity contribution in [1.82, 2.24) is 0 Å². The Bertz CT molecular complexity index is 303. The lowest BCUT2D eigenvalue weighted by Crippen LogP contribution is -2.31. The van der Waals surface area contributed by atoms with E-state index in [-0.39, 0.29) is 18.4 Å². The van der Waals surface area contributed by atoms with Gasteiger partial charge in [-0.1, -0.05) is 43.7 Å². The molecular formula is C12H18ClNO2. The highest BCUT2D eigenvalue weighted by molar-refractivity contribution is 5.85. The number of rotatable bonds is 5. The lowest BCUT2D eigenvalue weighted by Gasteiger charge is -2.10. The molecule has 0 aliphatic heterocycles. The molecule has 0 amide bonds. The zero-order valence-corrected chi connectivity index (χ0v) is 10.2. The maximum atomic E-state index is 11.4. The first-order valence-electron chi connectivity index (χ1n) is 5.20. The number of benzene rings is 1. The van der Waals surface area contributed by atoms with Crippen LogP contribution in [-0.2, 0) is 16.1 Å². The minimum Gasteiger partial charge on any atom is -0.460 e. The molecule has 0 radical (unpaired) electrons. The van der Waals surface area contributed by atoms with Gasteiger partial charge in [-0.25, -0.2) is 0 Å². The predicted octanol–water partition coefficient (Wildman–Crippen LogP) is 2.28. The van der Waals surface area contributed by atoms with Crippen molar-refractivity contribution in [3.8, 4) is 0 Å². The number of esters is 1. The van der Waals surface area contributed by atoms with E-state index in [2.05, 4.69) is 0 Å². The molecule has 2 N–H and O–H groups in total. The van der Waals surface area contributed by atoms with Gasteiger partial charge in [0.05, 0.1) is 0 Å². The fourth-order valence-electron chi connectivity index (χ4n) is 1.26. The SMILES string of the molecule is CCC[C@H](N)C(=O)OCc1ccccc1.Cl. The molecule has 0 spiro atoms. The van der Waals surface area contributed by atoms with E-state index in [1.165, 1.54) is 0 Å². The fraction of sp³-hybridized carbons (Fsp3) is 0.417. The third-order valence-electron chi connectivity index (χ3n) is 2.13. The Hall–Kier alpha value is -1.06. The Kier molecular flexibility index (Phi) is 7.60. The summed E-state index contributed by atoms with van der Waals surface area (Å²) in [6.07, 6.45) is 1.56. The van der Waals surface area contributed by atoms with Crippen LogP contribution in [0.1, 0.15) is 25.3 Å². The summed E-state index contributed by atoms with van der Waals surface area (Å²) in [5, 5.41) is 0. The molecular weight excluding hydrogens is 226 g/mol. The molecule has 1 aromatic carbocycles. The van der Waals surface area contributed by atoms with Crippen LogP contribution in [0.5, 0.6) is 0 Å². The molecule has 0 unspecified atom stereocenters. The summed E-state index contributed by atoms with van der Waals surface area (Å²) >= 11 is 0. The van der Waals surface area contributed by atoms with Gasteiger partial charge in [0.1, 0.15) is 12.6 Å². The first-order chi connectivity index (χ1) is 7.24. The zero-order chi connectivity index (χ0) is 11.1. The molecule has 0 aliphatic rings. The van der Waals surface area contributed by atoms with Crippen molar-refractivity contribution in [3.05, 3.63) is 35.9 Å². The number of carbonyl (C=O) groups is 1. The Morgan fingerprint density at radius 1 is 1.38 bits per heavy atom. The van der Waals surface area contributed by atoms with E-state index in [1.807, 2.05) is 37.3 Å². The summed E-state index contributed by atoms with van der Waals surface area (Å²) < 4.78 is 5.08. The molecule has 0 bridgehead atoms. The smallest absolute Gasteiger partial charge is 0.323 e. The highest BCUT2D eigenvalue weighted by Gasteiger charge is 2.13. The van der Waals surface area contributed by atoms with Gasteiger partial charge in [-0.2, -0.15) is 0 Å². The lowest BCUT2D eigenvalue weighted by molar-refractivity contribution is -0.146. The first-order valence-corrected chi connectivity index (χ1v) is 5.20. The molecule has 0 saturated heterocycles. The standard InChI is InChI=1S/C12H17NO2.ClH/c1-2-6-11(13)12(14)15-9-10-7-4-3-5-8-10;/h3-5,7-8,11H,2,6,9,13H2,1H3;1H/t11-;/m0./s1. The largest absolute Gasteiger partial charge is 0.460 e. The van der Waals surface area contributed by atoms with E-state index in [0.717, 1.165) is 12.0 Å². The fourth-order valence-corrected chi connectivity index (χ4v) is 1.26. The normalized spacial score (nSPS) is 11.4. The monoisotopic (exact) mass is 243 g/mol. The zero-order valence-electron chi connectivity index (χ0n) is 9.39. The molecule has 0 aromatic heterocycles. The maximum absolute atomic E-state index is 11.4. The summed E-state index contributed by atoms with van der Waals surface area (Å²) in [5.41, 5.74) is 6.60. The molecule has 0 fully saturated rings. The van der Waals surface area contributed by atoms with E-state index in [0.29, 0.717) is 13.0 Å². The van der Waals surface area contributed by atoms with E-state index < -0.39 is 6.04 Å². The van der Waals surface area contributed by atoms with Crippen molar-refractivity contribution in [1.29, 1.82) is 0 Å². The van der Waals surface area contributed by atoms with Crippen LogP contribution in [0.2, 0.25) is 0 Å². The average molecular weight is 244 g/mol. The van der Waals surface area contributed by atoms with E-state index >= 15 is 0 Å². The topological polar surface area (TPSA) is 52.3 Å². The number of carbonyl (C=O) groups excluding carboxylic acids is 1. The highest BCUT2D eigenvalue weighted by Crippen LogP contribution is 2.03. The molecule has 0 heterocycles. The third kappa shape index (κ3) is 5.14. The van der Waals surface area contributed by atoms with Crippen LogP contribution in [-0.4, -0.2) is 12.0 Å². The second-order valence-corrected chi connectivity index (χ2v) is 3.49. The van der Waals surface area contributed by atoms with Crippen LogP contribution in [0.25, 0.3) is 0 Å². The lowest BCUT2D eigenvalue weighted by atomic mass is 10.2. The molecule has 3 nitrogen and oxygen atoms in total. The summed E-state index contributed by atoms with van der Waals surface area (Å²) in [7, 11) is 0. The maximum Gasteiger partial charge on any atom is 0.323 e. The van der Waals surface area contributed by atoms with Crippen molar-refractivity contribution in [3.63, 3.8) is 0 Å². The van der Waals surface area contributed by atoms with E-state index in [1.54, 1.807) is 0 Å². The molecule has 4 heteroatoms. The van der Waals surface area contributed by atoms with Gasteiger partial charge in [-0.05, 0) is 12.0 Å². The quantitative estimate of drug-likeness (QED) is 0.808. The van der Waals surface area contributed by atoms with Gasteiger partial charge in [0, 0.05) is 0 Å². The minimum absolute atomic E-state index is 0. The Labute approximate surface area is 102 Å². The first kappa shape index (κ1) is 14.9. The van der Waals surface area contributed by atoms with Gasteiger partial charge >= 0.3 is 5.97 Å². The number of ether oxygens (including phenoxy) is 1. The van der Waals surface area contributed by atoms with Gasteiger partial charge in [-0.3, -0.25) is 4.79 Å². The molecule has 1 atom stereocenters. The number of nitrogens with two attached hydrogens (primary N) is 1. The Morgan fingerprint density at radius 2 is 2.00 bits per heavy atom. The summed E-state index contributed by atoms with van der Waals surface area (Å²) in [6.45, 7) is 2.29. The van der Waals surface area contributed by atoms with Crippen molar-refractivity contribution in [2.24, 2.45) is 5.73 Å². The van der Waals surface area contributed by atoms with Crippen molar-refractivity contribution in [2.45, 2.75) is 32.4 Å². The Morgan fingerprint density at radius 3 is 2.56 bits per heavy atom. The van der Waals surface area contributed by atoms with Crippen molar-refractivity contribution in [2.75, 3.05) is 0 Å². The summed E-state index contributed by atoms with van der Waals surface area (Å²) in [5.74, 6) is -0.319. The highest BCUT2D eigenvalue weighted by atomic mass is 35.5. The van der Waals surface area contributed by atoms with Crippen molar-refractivity contribution < 1.29 is 9.53 Å². The minimum atomic E-state index is -0.487. The molecule has 16 heavy (non-hydrogen) atoms. The van der Waals surface area contributed by atoms with Gasteiger partial charge in [0.25, 0.3) is 0 Å². The number of halogens is 1. The van der Waals surface area contributed by atoms with Gasteiger partial charge in [-0.15, -0.1) is 12.4 Å². The van der Waals surface area contributed by atoms with Crippen LogP contribution in [0, 0.1) is 0 Å². The van der Waals surface area contributed by atoms with Crippen LogP contribution < -0.4 is 5.73 Å². The third-order valence-corrected chi connectivity index (χ3v) is 2.13. The van der Waals surface area contributed by atoms with Crippen LogP contribution in [0.15, 0.2) is 30.3 Å².